The Bertz CT molecular complexity index is 446. The molecule has 22 heavy (non-hydrogen) atoms. The first-order valence-electron chi connectivity index (χ1n) is 9.01. The first kappa shape index (κ1) is 16.0. The van der Waals surface area contributed by atoms with Crippen molar-refractivity contribution in [2.24, 2.45) is 0 Å². The van der Waals surface area contributed by atoms with Crippen LogP contribution < -0.4 is 0 Å². The van der Waals surface area contributed by atoms with Crippen LogP contribution in [0.4, 0.5) is 0 Å². The van der Waals surface area contributed by atoms with Crippen LogP contribution in [-0.2, 0) is 13.0 Å². The number of nitrogens with zero attached hydrogens (tertiary/aromatic N) is 3. The van der Waals surface area contributed by atoms with Crippen LogP contribution in [0.25, 0.3) is 0 Å². The Hall–Kier alpha value is -0.900. The molecule has 3 rings (SSSR count). The normalized spacial score (nSPS) is 22.0. The summed E-state index contributed by atoms with van der Waals surface area (Å²) in [5.74, 6) is 0. The fourth-order valence-electron chi connectivity index (χ4n) is 3.62. The monoisotopic (exact) mass is 301 g/mol. The molecule has 2 fully saturated rings. The molecule has 1 aromatic rings. The molecule has 0 bridgehead atoms. The van der Waals surface area contributed by atoms with Crippen molar-refractivity contribution in [1.82, 2.24) is 14.7 Å². The van der Waals surface area contributed by atoms with Gasteiger partial charge in [0.05, 0.1) is 0 Å². The number of piperidine rings is 1. The lowest BCUT2D eigenvalue weighted by molar-refractivity contribution is 0.148. The van der Waals surface area contributed by atoms with E-state index in [1.54, 1.807) is 0 Å². The van der Waals surface area contributed by atoms with Gasteiger partial charge in [0.2, 0.25) is 0 Å². The highest BCUT2D eigenvalue weighted by atomic mass is 15.2. The van der Waals surface area contributed by atoms with E-state index in [9.17, 15) is 0 Å². The molecule has 0 unspecified atom stereocenters. The second-order valence-corrected chi connectivity index (χ2v) is 7.05. The highest BCUT2D eigenvalue weighted by Gasteiger charge is 2.14. The largest absolute Gasteiger partial charge is 0.304 e. The summed E-state index contributed by atoms with van der Waals surface area (Å²) < 4.78 is 0. The molecule has 0 atom stereocenters. The second kappa shape index (κ2) is 8.09. The Balaban J connectivity index is 1.49. The van der Waals surface area contributed by atoms with Crippen LogP contribution in [0, 0.1) is 0 Å². The van der Waals surface area contributed by atoms with E-state index in [0.29, 0.717) is 0 Å². The Morgan fingerprint density at radius 2 is 1.55 bits per heavy atom. The summed E-state index contributed by atoms with van der Waals surface area (Å²) in [7, 11) is 2.22. The molecule has 1 aromatic carbocycles. The van der Waals surface area contributed by atoms with Crippen molar-refractivity contribution < 1.29 is 0 Å². The summed E-state index contributed by atoms with van der Waals surface area (Å²) >= 11 is 0. The minimum Gasteiger partial charge on any atom is -0.304 e. The van der Waals surface area contributed by atoms with Crippen molar-refractivity contribution in [1.29, 1.82) is 0 Å². The zero-order valence-electron chi connectivity index (χ0n) is 14.1. The van der Waals surface area contributed by atoms with E-state index in [1.807, 2.05) is 0 Å². The first-order valence-corrected chi connectivity index (χ1v) is 9.01. The van der Waals surface area contributed by atoms with E-state index in [0.717, 1.165) is 6.54 Å². The molecule has 2 saturated heterocycles. The van der Waals surface area contributed by atoms with Gasteiger partial charge in [-0.15, -0.1) is 0 Å². The number of rotatable bonds is 5. The van der Waals surface area contributed by atoms with E-state index >= 15 is 0 Å². The summed E-state index contributed by atoms with van der Waals surface area (Å²) in [4.78, 5) is 7.64. The number of likely N-dealkylation sites (tertiary alicyclic amines) is 1. The maximum Gasteiger partial charge on any atom is 0.0234 e. The topological polar surface area (TPSA) is 9.72 Å². The van der Waals surface area contributed by atoms with Crippen LogP contribution in [-0.4, -0.2) is 67.6 Å². The van der Waals surface area contributed by atoms with Gasteiger partial charge in [-0.25, -0.2) is 0 Å². The molecule has 2 heterocycles. The number of likely N-dealkylation sites (N-methyl/N-ethyl adjacent to an activating group) is 1. The van der Waals surface area contributed by atoms with Gasteiger partial charge in [0.15, 0.2) is 0 Å². The molecule has 0 aliphatic carbocycles. The Morgan fingerprint density at radius 1 is 0.818 bits per heavy atom. The molecule has 0 N–H and O–H groups in total. The summed E-state index contributed by atoms with van der Waals surface area (Å²) in [6.07, 6.45) is 5.42. The first-order chi connectivity index (χ1) is 10.8. The quantitative estimate of drug-likeness (QED) is 0.827. The van der Waals surface area contributed by atoms with E-state index in [2.05, 4.69) is 46.0 Å². The lowest BCUT2D eigenvalue weighted by atomic mass is 10.1. The van der Waals surface area contributed by atoms with Crippen LogP contribution >= 0.6 is 0 Å². The van der Waals surface area contributed by atoms with E-state index in [1.165, 1.54) is 82.6 Å². The van der Waals surface area contributed by atoms with Gasteiger partial charge in [-0.2, -0.15) is 0 Å². The summed E-state index contributed by atoms with van der Waals surface area (Å²) in [5.41, 5.74) is 3.00. The van der Waals surface area contributed by atoms with Crippen LogP contribution in [0.3, 0.4) is 0 Å². The van der Waals surface area contributed by atoms with Gasteiger partial charge in [0, 0.05) is 39.3 Å². The van der Waals surface area contributed by atoms with Crippen LogP contribution in [0.2, 0.25) is 0 Å². The smallest absolute Gasteiger partial charge is 0.0234 e. The Morgan fingerprint density at radius 3 is 2.32 bits per heavy atom. The van der Waals surface area contributed by atoms with Gasteiger partial charge >= 0.3 is 0 Å². The van der Waals surface area contributed by atoms with E-state index < -0.39 is 0 Å². The van der Waals surface area contributed by atoms with Crippen LogP contribution in [0.1, 0.15) is 30.4 Å². The molecule has 2 aliphatic rings. The van der Waals surface area contributed by atoms with Crippen LogP contribution in [0.5, 0.6) is 0 Å². The van der Waals surface area contributed by atoms with Gasteiger partial charge in [-0.1, -0.05) is 30.7 Å². The Labute approximate surface area is 135 Å². The fraction of sp³-hybridized carbons (Fsp3) is 0.684. The van der Waals surface area contributed by atoms with Crippen molar-refractivity contribution in [3.8, 4) is 0 Å². The van der Waals surface area contributed by atoms with E-state index in [4.69, 9.17) is 0 Å². The lowest BCUT2D eigenvalue weighted by Gasteiger charge is -2.32. The van der Waals surface area contributed by atoms with E-state index in [-0.39, 0.29) is 0 Å². The predicted molar refractivity (Wildman–Crippen MR) is 93.2 cm³/mol. The predicted octanol–water partition coefficient (Wildman–Crippen LogP) is 2.46. The molecule has 122 valence electrons. The average Bonchev–Trinajstić information content (AvgIpc) is 2.57. The summed E-state index contributed by atoms with van der Waals surface area (Å²) in [5, 5.41) is 0. The molecule has 0 spiro atoms. The minimum atomic E-state index is 1.12. The summed E-state index contributed by atoms with van der Waals surface area (Å²) in [6.45, 7) is 9.78. The third kappa shape index (κ3) is 4.80. The maximum absolute atomic E-state index is 2.64. The number of hydrogen-bond donors (Lipinski definition) is 0. The molecule has 0 aromatic heterocycles. The van der Waals surface area contributed by atoms with Crippen molar-refractivity contribution >= 4 is 0 Å². The third-order valence-corrected chi connectivity index (χ3v) is 5.16. The fourth-order valence-corrected chi connectivity index (χ4v) is 3.62. The second-order valence-electron chi connectivity index (χ2n) is 7.05. The summed E-state index contributed by atoms with van der Waals surface area (Å²) in [6, 6.07) is 9.28. The van der Waals surface area contributed by atoms with Gasteiger partial charge in [0.25, 0.3) is 0 Å². The highest BCUT2D eigenvalue weighted by molar-refractivity contribution is 5.23. The number of piperazine rings is 1. The van der Waals surface area contributed by atoms with Crippen molar-refractivity contribution in [3.63, 3.8) is 0 Å². The Kier molecular flexibility index (Phi) is 5.88. The third-order valence-electron chi connectivity index (χ3n) is 5.16. The average molecular weight is 301 g/mol. The van der Waals surface area contributed by atoms with Gasteiger partial charge in [-0.05, 0) is 50.5 Å². The molecule has 3 heteroatoms. The maximum atomic E-state index is 2.64. The molecular formula is C19H31N3. The van der Waals surface area contributed by atoms with Crippen LogP contribution in [0.15, 0.2) is 24.3 Å². The SMILES string of the molecule is CN1CCN(Cc2cccc(CCN3CCCCC3)c2)CC1. The zero-order valence-corrected chi connectivity index (χ0v) is 14.1. The standard InChI is InChI=1S/C19H31N3/c1-20-12-14-22(15-13-20)17-19-7-5-6-18(16-19)8-11-21-9-3-2-4-10-21/h5-7,16H,2-4,8-15,17H2,1H3. The van der Waals surface area contributed by atoms with Crippen molar-refractivity contribution in [3.05, 3.63) is 35.4 Å². The van der Waals surface area contributed by atoms with Gasteiger partial charge < -0.3 is 9.80 Å². The van der Waals surface area contributed by atoms with Crippen molar-refractivity contribution in [2.75, 3.05) is 52.9 Å². The zero-order chi connectivity index (χ0) is 15.2. The van der Waals surface area contributed by atoms with Gasteiger partial charge in [-0.3, -0.25) is 4.90 Å². The highest BCUT2D eigenvalue weighted by Crippen LogP contribution is 2.13. The molecule has 0 amide bonds. The molecule has 0 saturated carbocycles. The molecule has 3 nitrogen and oxygen atoms in total. The van der Waals surface area contributed by atoms with Gasteiger partial charge in [0.1, 0.15) is 0 Å². The molecular weight excluding hydrogens is 270 g/mol. The number of hydrogen-bond acceptors (Lipinski definition) is 3. The number of benzene rings is 1. The molecule has 0 radical (unpaired) electrons. The minimum absolute atomic E-state index is 1.12. The lowest BCUT2D eigenvalue weighted by Crippen LogP contribution is -2.43. The van der Waals surface area contributed by atoms with Crippen molar-refractivity contribution in [2.45, 2.75) is 32.2 Å². The molecule has 2 aliphatic heterocycles.